The van der Waals surface area contributed by atoms with Crippen molar-refractivity contribution < 1.29 is 8.42 Å². The predicted octanol–water partition coefficient (Wildman–Crippen LogP) is 4.95. The van der Waals surface area contributed by atoms with E-state index in [1.807, 2.05) is 66.7 Å². The second-order valence-electron chi connectivity index (χ2n) is 6.39. The predicted molar refractivity (Wildman–Crippen MR) is 119 cm³/mol. The van der Waals surface area contributed by atoms with Gasteiger partial charge in [0.15, 0.2) is 0 Å². The molecule has 4 rings (SSSR count). The number of fused-ring (bicyclic) bond motifs is 2. The first-order valence-corrected chi connectivity index (χ1v) is 10.4. The highest BCUT2D eigenvalue weighted by atomic mass is 35.5. The van der Waals surface area contributed by atoms with Crippen molar-refractivity contribution in [2.24, 2.45) is 0 Å². The van der Waals surface area contributed by atoms with Crippen LogP contribution in [0, 0.1) is 0 Å². The molecule has 0 spiro atoms. The summed E-state index contributed by atoms with van der Waals surface area (Å²) in [4.78, 5) is 4.73. The number of halogens is 1. The lowest BCUT2D eigenvalue weighted by Crippen LogP contribution is -2.25. The van der Waals surface area contributed by atoms with Crippen LogP contribution in [0.5, 0.6) is 0 Å². The minimum absolute atomic E-state index is 0. The van der Waals surface area contributed by atoms with Crippen molar-refractivity contribution in [2.75, 3.05) is 22.9 Å². The van der Waals surface area contributed by atoms with Gasteiger partial charge in [0, 0.05) is 17.8 Å². The van der Waals surface area contributed by atoms with E-state index in [1.54, 1.807) is 13.1 Å². The fraction of sp³-hybridized carbons (Fsp3) is 0.0952. The molecule has 0 atom stereocenters. The highest BCUT2D eigenvalue weighted by Gasteiger charge is 2.17. The molecule has 0 fully saturated rings. The molecule has 1 aromatic heterocycles. The van der Waals surface area contributed by atoms with Crippen LogP contribution in [0.4, 0.5) is 17.1 Å². The van der Waals surface area contributed by atoms with Gasteiger partial charge in [-0.15, -0.1) is 12.4 Å². The molecule has 144 valence electrons. The Bertz CT molecular complexity index is 1200. The summed E-state index contributed by atoms with van der Waals surface area (Å²) in [5.41, 5.74) is 3.97. The van der Waals surface area contributed by atoms with Gasteiger partial charge in [-0.25, -0.2) is 13.4 Å². The van der Waals surface area contributed by atoms with Crippen molar-refractivity contribution in [2.45, 2.75) is 0 Å². The topological polar surface area (TPSA) is 62.3 Å². The summed E-state index contributed by atoms with van der Waals surface area (Å²) in [6.07, 6.45) is 1.20. The maximum atomic E-state index is 12.0. The third kappa shape index (κ3) is 3.61. The molecule has 0 aliphatic heterocycles. The molecule has 0 unspecified atom stereocenters. The van der Waals surface area contributed by atoms with Crippen molar-refractivity contribution in [3.63, 3.8) is 0 Å². The number of hydrogen-bond acceptors (Lipinski definition) is 4. The molecular formula is C21H20ClN3O2S. The molecule has 0 saturated carbocycles. The van der Waals surface area contributed by atoms with E-state index in [4.69, 9.17) is 4.98 Å². The van der Waals surface area contributed by atoms with E-state index in [2.05, 4.69) is 5.32 Å². The van der Waals surface area contributed by atoms with Crippen LogP contribution in [0.3, 0.4) is 0 Å². The number of benzene rings is 3. The highest BCUT2D eigenvalue weighted by Crippen LogP contribution is 2.36. The van der Waals surface area contributed by atoms with Crippen molar-refractivity contribution in [3.8, 4) is 0 Å². The van der Waals surface area contributed by atoms with E-state index in [0.29, 0.717) is 11.4 Å². The zero-order valence-corrected chi connectivity index (χ0v) is 17.1. The molecule has 3 aromatic carbocycles. The highest BCUT2D eigenvalue weighted by molar-refractivity contribution is 7.92. The molecule has 1 heterocycles. The number of rotatable bonds is 4. The van der Waals surface area contributed by atoms with Crippen molar-refractivity contribution in [3.05, 3.63) is 72.8 Å². The number of pyridine rings is 1. The minimum atomic E-state index is -3.37. The fourth-order valence-corrected chi connectivity index (χ4v) is 3.66. The SMILES string of the molecule is CN(c1ccccc1Nc1c2ccccc2nc2ccccc12)S(C)(=O)=O.Cl. The van der Waals surface area contributed by atoms with Crippen molar-refractivity contribution >= 4 is 61.3 Å². The van der Waals surface area contributed by atoms with Crippen LogP contribution in [0.2, 0.25) is 0 Å². The second kappa shape index (κ2) is 7.66. The fourth-order valence-electron chi connectivity index (χ4n) is 3.14. The average molecular weight is 414 g/mol. The number of hydrogen-bond donors (Lipinski definition) is 1. The third-order valence-corrected chi connectivity index (χ3v) is 5.78. The summed E-state index contributed by atoms with van der Waals surface area (Å²) in [6, 6.07) is 23.2. The summed E-state index contributed by atoms with van der Waals surface area (Å²) in [6.45, 7) is 0. The molecule has 4 aromatic rings. The zero-order chi connectivity index (χ0) is 19.0. The van der Waals surface area contributed by atoms with Crippen LogP contribution >= 0.6 is 12.4 Å². The monoisotopic (exact) mass is 413 g/mol. The van der Waals surface area contributed by atoms with E-state index in [0.717, 1.165) is 27.5 Å². The first-order chi connectivity index (χ1) is 12.9. The minimum Gasteiger partial charge on any atom is -0.353 e. The van der Waals surface area contributed by atoms with Gasteiger partial charge in [-0.2, -0.15) is 0 Å². The van der Waals surface area contributed by atoms with Gasteiger partial charge in [-0.3, -0.25) is 4.31 Å². The van der Waals surface area contributed by atoms with Crippen molar-refractivity contribution in [1.82, 2.24) is 4.98 Å². The summed E-state index contributed by atoms with van der Waals surface area (Å²) < 4.78 is 25.4. The van der Waals surface area contributed by atoms with Gasteiger partial charge in [-0.05, 0) is 24.3 Å². The molecule has 0 amide bonds. The summed E-state index contributed by atoms with van der Waals surface area (Å²) in [5.74, 6) is 0. The van der Waals surface area contributed by atoms with Crippen LogP contribution in [-0.4, -0.2) is 26.7 Å². The van der Waals surface area contributed by atoms with Crippen molar-refractivity contribution in [1.29, 1.82) is 0 Å². The maximum Gasteiger partial charge on any atom is 0.232 e. The maximum absolute atomic E-state index is 12.0. The third-order valence-electron chi connectivity index (χ3n) is 4.59. The molecule has 1 N–H and O–H groups in total. The second-order valence-corrected chi connectivity index (χ2v) is 8.41. The van der Waals surface area contributed by atoms with Gasteiger partial charge >= 0.3 is 0 Å². The quantitative estimate of drug-likeness (QED) is 0.481. The molecule has 0 bridgehead atoms. The molecule has 28 heavy (non-hydrogen) atoms. The lowest BCUT2D eigenvalue weighted by atomic mass is 10.1. The Balaban J connectivity index is 0.00000225. The number of sulfonamides is 1. The van der Waals surface area contributed by atoms with Gasteiger partial charge in [0.05, 0.1) is 34.4 Å². The normalized spacial score (nSPS) is 11.2. The Hall–Kier alpha value is -2.83. The number of aromatic nitrogens is 1. The molecule has 7 heteroatoms. The Kier molecular flexibility index (Phi) is 5.45. The number of para-hydroxylation sites is 4. The lowest BCUT2D eigenvalue weighted by Gasteiger charge is -2.22. The van der Waals surface area contributed by atoms with E-state index in [1.165, 1.54) is 10.6 Å². The Morgan fingerprint density at radius 1 is 0.821 bits per heavy atom. The van der Waals surface area contributed by atoms with Crippen LogP contribution in [0.1, 0.15) is 0 Å². The van der Waals surface area contributed by atoms with Crippen LogP contribution < -0.4 is 9.62 Å². The molecule has 0 radical (unpaired) electrons. The zero-order valence-electron chi connectivity index (χ0n) is 15.5. The molecule has 0 aliphatic rings. The number of anilines is 3. The van der Waals surface area contributed by atoms with E-state index in [9.17, 15) is 8.42 Å². The number of nitrogens with one attached hydrogen (secondary N) is 1. The first kappa shape index (κ1) is 19.9. The molecule has 5 nitrogen and oxygen atoms in total. The summed E-state index contributed by atoms with van der Waals surface area (Å²) >= 11 is 0. The molecule has 0 aliphatic carbocycles. The van der Waals surface area contributed by atoms with E-state index >= 15 is 0 Å². The summed E-state index contributed by atoms with van der Waals surface area (Å²) in [7, 11) is -1.82. The van der Waals surface area contributed by atoms with Gasteiger partial charge in [-0.1, -0.05) is 48.5 Å². The van der Waals surface area contributed by atoms with Crippen LogP contribution in [-0.2, 0) is 10.0 Å². The summed E-state index contributed by atoms with van der Waals surface area (Å²) in [5, 5.41) is 5.42. The smallest absolute Gasteiger partial charge is 0.232 e. The number of nitrogens with zero attached hydrogens (tertiary/aromatic N) is 2. The Morgan fingerprint density at radius 3 is 1.89 bits per heavy atom. The Labute approximate surface area is 170 Å². The van der Waals surface area contributed by atoms with E-state index < -0.39 is 10.0 Å². The largest absolute Gasteiger partial charge is 0.353 e. The van der Waals surface area contributed by atoms with Gasteiger partial charge in [0.1, 0.15) is 0 Å². The van der Waals surface area contributed by atoms with Gasteiger partial charge < -0.3 is 5.32 Å². The molecular weight excluding hydrogens is 394 g/mol. The standard InChI is InChI=1S/C21H19N3O2S.ClH/c1-24(27(2,25)26)20-14-8-7-13-19(20)23-21-15-9-3-5-11-17(15)22-18-12-6-4-10-16(18)21;/h3-14H,1-2H3,(H,22,23);1H. The lowest BCUT2D eigenvalue weighted by molar-refractivity contribution is 0.600. The first-order valence-electron chi connectivity index (χ1n) is 8.52. The Morgan fingerprint density at radius 2 is 1.32 bits per heavy atom. The van der Waals surface area contributed by atoms with E-state index in [-0.39, 0.29) is 12.4 Å². The van der Waals surface area contributed by atoms with Crippen LogP contribution in [0.15, 0.2) is 72.8 Å². The van der Waals surface area contributed by atoms with Gasteiger partial charge in [0.25, 0.3) is 0 Å². The molecule has 0 saturated heterocycles. The van der Waals surface area contributed by atoms with Gasteiger partial charge in [0.2, 0.25) is 10.0 Å². The average Bonchev–Trinajstić information content (AvgIpc) is 2.67. The van der Waals surface area contributed by atoms with Crippen LogP contribution in [0.25, 0.3) is 21.8 Å².